The van der Waals surface area contributed by atoms with E-state index in [0.29, 0.717) is 11.3 Å². The Hall–Kier alpha value is -4.75. The van der Waals surface area contributed by atoms with E-state index in [-0.39, 0.29) is 17.0 Å². The lowest BCUT2D eigenvalue weighted by molar-refractivity contribution is -0.127. The molecule has 1 atom stereocenters. The number of aromatic nitrogens is 1. The second-order valence-corrected chi connectivity index (χ2v) is 13.4. The lowest BCUT2D eigenvalue weighted by Crippen LogP contribution is -2.46. The molecule has 2 amide bonds. The first-order valence-electron chi connectivity index (χ1n) is 16.0. The van der Waals surface area contributed by atoms with E-state index in [0.717, 1.165) is 67.0 Å². The van der Waals surface area contributed by atoms with E-state index in [4.69, 9.17) is 10.5 Å². The fourth-order valence-electron chi connectivity index (χ4n) is 5.78. The van der Waals surface area contributed by atoms with Gasteiger partial charge in [-0.3, -0.25) is 19.5 Å². The maximum atomic E-state index is 15.4. The number of carbonyl (C=O) groups is 2. The molecule has 1 aliphatic rings. The fraction of sp³-hybridized carbons (Fsp3) is 0.270. The largest absolute Gasteiger partial charge is 0.453 e. The van der Waals surface area contributed by atoms with Crippen molar-refractivity contribution < 1.29 is 23.1 Å². The number of hydrogen-bond donors (Lipinski definition) is 2. The Bertz CT molecular complexity index is 1930. The second kappa shape index (κ2) is 15.2. The SMILES string of the molecule is CN1CCN(CCN(C)Cc2ccc(-c3cc4nccc(Oc5ccc(C(C(N)=O)C(=O)Nc6ccc(F)cc6)cc5F)c4s3)cc2)CC1. The second-order valence-electron chi connectivity index (χ2n) is 12.3. The highest BCUT2D eigenvalue weighted by Crippen LogP contribution is 2.40. The summed E-state index contributed by atoms with van der Waals surface area (Å²) in [4.78, 5) is 37.8. The van der Waals surface area contributed by atoms with Crippen molar-refractivity contribution in [2.45, 2.75) is 12.5 Å². The summed E-state index contributed by atoms with van der Waals surface area (Å²) >= 11 is 1.50. The van der Waals surface area contributed by atoms with E-state index in [1.54, 1.807) is 12.3 Å². The molecule has 0 radical (unpaired) electrons. The number of ether oxygens (including phenoxy) is 1. The highest BCUT2D eigenvalue weighted by molar-refractivity contribution is 7.22. The first kappa shape index (κ1) is 34.1. The lowest BCUT2D eigenvalue weighted by atomic mass is 9.97. The molecule has 2 aromatic heterocycles. The number of nitrogens with one attached hydrogen (secondary N) is 1. The molecule has 1 fully saturated rings. The third-order valence-corrected chi connectivity index (χ3v) is 9.82. The summed E-state index contributed by atoms with van der Waals surface area (Å²) in [6.45, 7) is 7.43. The van der Waals surface area contributed by atoms with Crippen molar-refractivity contribution in [1.82, 2.24) is 19.7 Å². The molecule has 5 aromatic rings. The zero-order valence-electron chi connectivity index (χ0n) is 27.4. The summed E-state index contributed by atoms with van der Waals surface area (Å²) < 4.78 is 35.4. The summed E-state index contributed by atoms with van der Waals surface area (Å²) in [7, 11) is 4.33. The van der Waals surface area contributed by atoms with Crippen LogP contribution in [0.4, 0.5) is 14.5 Å². The molecule has 1 unspecified atom stereocenters. The van der Waals surface area contributed by atoms with Crippen LogP contribution >= 0.6 is 11.3 Å². The summed E-state index contributed by atoms with van der Waals surface area (Å²) in [6.07, 6.45) is 1.60. The first-order valence-corrected chi connectivity index (χ1v) is 16.8. The maximum absolute atomic E-state index is 15.4. The Morgan fingerprint density at radius 3 is 2.41 bits per heavy atom. The van der Waals surface area contributed by atoms with Crippen LogP contribution in [-0.2, 0) is 16.1 Å². The first-order chi connectivity index (χ1) is 23.6. The Morgan fingerprint density at radius 1 is 0.980 bits per heavy atom. The minimum absolute atomic E-state index is 0.0555. The van der Waals surface area contributed by atoms with Gasteiger partial charge in [0.25, 0.3) is 0 Å². The molecule has 1 aliphatic heterocycles. The van der Waals surface area contributed by atoms with Gasteiger partial charge in [-0.2, -0.15) is 0 Å². The molecule has 3 N–H and O–H groups in total. The number of nitrogens with two attached hydrogens (primary N) is 1. The third-order valence-electron chi connectivity index (χ3n) is 8.63. The Morgan fingerprint density at radius 2 is 1.71 bits per heavy atom. The molecule has 0 saturated carbocycles. The normalized spacial score (nSPS) is 14.6. The van der Waals surface area contributed by atoms with Gasteiger partial charge in [0.15, 0.2) is 11.6 Å². The highest BCUT2D eigenvalue weighted by atomic mass is 32.1. The molecule has 1 saturated heterocycles. The zero-order valence-corrected chi connectivity index (χ0v) is 28.2. The van der Waals surface area contributed by atoms with Gasteiger partial charge in [0.1, 0.15) is 17.5 Å². The van der Waals surface area contributed by atoms with Crippen LogP contribution in [-0.4, -0.2) is 84.9 Å². The molecule has 0 aliphatic carbocycles. The summed E-state index contributed by atoms with van der Waals surface area (Å²) in [5.74, 6) is -4.13. The fourth-order valence-corrected chi connectivity index (χ4v) is 6.85. The maximum Gasteiger partial charge on any atom is 0.241 e. The topological polar surface area (TPSA) is 104 Å². The Kier molecular flexibility index (Phi) is 10.6. The average Bonchev–Trinajstić information content (AvgIpc) is 3.52. The van der Waals surface area contributed by atoms with Crippen molar-refractivity contribution in [1.29, 1.82) is 0 Å². The zero-order chi connectivity index (χ0) is 34.5. The van der Waals surface area contributed by atoms with E-state index >= 15 is 4.39 Å². The van der Waals surface area contributed by atoms with E-state index in [9.17, 15) is 14.0 Å². The number of benzene rings is 3. The number of likely N-dealkylation sites (N-methyl/N-ethyl adjacent to an activating group) is 2. The summed E-state index contributed by atoms with van der Waals surface area (Å²) in [5.41, 5.74) is 8.84. The monoisotopic (exact) mass is 684 g/mol. The summed E-state index contributed by atoms with van der Waals surface area (Å²) in [5, 5.41) is 2.52. The number of pyridine rings is 1. The van der Waals surface area contributed by atoms with Crippen molar-refractivity contribution in [3.8, 4) is 21.9 Å². The molecule has 49 heavy (non-hydrogen) atoms. The van der Waals surface area contributed by atoms with Crippen molar-refractivity contribution in [2.24, 2.45) is 5.73 Å². The van der Waals surface area contributed by atoms with Crippen LogP contribution in [0.1, 0.15) is 17.0 Å². The number of nitrogens with zero attached hydrogens (tertiary/aromatic N) is 4. The van der Waals surface area contributed by atoms with Gasteiger partial charge in [-0.15, -0.1) is 11.3 Å². The minimum Gasteiger partial charge on any atom is -0.453 e. The van der Waals surface area contributed by atoms with Crippen LogP contribution in [0.3, 0.4) is 0 Å². The Balaban J connectivity index is 1.12. The number of piperazine rings is 1. The van der Waals surface area contributed by atoms with Crippen LogP contribution in [0.25, 0.3) is 20.7 Å². The number of amides is 2. The van der Waals surface area contributed by atoms with Crippen LogP contribution < -0.4 is 15.8 Å². The predicted molar refractivity (Wildman–Crippen MR) is 189 cm³/mol. The number of anilines is 1. The number of carbonyl (C=O) groups excluding carboxylic acids is 2. The smallest absolute Gasteiger partial charge is 0.241 e. The molecule has 3 aromatic carbocycles. The van der Waals surface area contributed by atoms with Gasteiger partial charge in [0, 0.05) is 68.6 Å². The van der Waals surface area contributed by atoms with Gasteiger partial charge >= 0.3 is 0 Å². The molecule has 254 valence electrons. The quantitative estimate of drug-likeness (QED) is 0.157. The number of hydrogen-bond acceptors (Lipinski definition) is 8. The summed E-state index contributed by atoms with van der Waals surface area (Å²) in [6, 6.07) is 21.0. The average molecular weight is 685 g/mol. The lowest BCUT2D eigenvalue weighted by Gasteiger charge is -2.33. The number of primary amides is 1. The van der Waals surface area contributed by atoms with E-state index in [2.05, 4.69) is 63.4 Å². The molecule has 0 bridgehead atoms. The highest BCUT2D eigenvalue weighted by Gasteiger charge is 2.28. The number of rotatable bonds is 12. The number of thiophene rings is 1. The van der Waals surface area contributed by atoms with Gasteiger partial charge in [-0.25, -0.2) is 8.78 Å². The van der Waals surface area contributed by atoms with E-state index in [1.807, 2.05) is 6.07 Å². The van der Waals surface area contributed by atoms with E-state index in [1.165, 1.54) is 53.3 Å². The molecular formula is C37H38F2N6O3S. The van der Waals surface area contributed by atoms with Crippen LogP contribution in [0.2, 0.25) is 0 Å². The number of halogens is 2. The molecule has 12 heteroatoms. The van der Waals surface area contributed by atoms with Gasteiger partial charge in [-0.1, -0.05) is 30.3 Å². The van der Waals surface area contributed by atoms with Crippen molar-refractivity contribution in [2.75, 3.05) is 58.7 Å². The standard InChI is InChI=1S/C37H38F2N6O3S/c1-43-15-18-45(19-16-43)20-17-44(2)23-24-3-5-25(6-4-24)33-22-30-35(49-33)32(13-14-41-30)48-31-12-7-26(21-29(31)39)34(36(40)46)37(47)42-28-10-8-27(38)9-11-28/h3-14,21-22,34H,15-20,23H2,1-2H3,(H2,40,46)(H,42,47). The minimum atomic E-state index is -1.48. The number of fused-ring (bicyclic) bond motifs is 1. The van der Waals surface area contributed by atoms with Crippen molar-refractivity contribution in [3.05, 3.63) is 108 Å². The predicted octanol–water partition coefficient (Wildman–Crippen LogP) is 5.92. The van der Waals surface area contributed by atoms with E-state index < -0.39 is 29.4 Å². The van der Waals surface area contributed by atoms with Crippen molar-refractivity contribution >= 4 is 39.1 Å². The molecular weight excluding hydrogens is 647 g/mol. The molecule has 9 nitrogen and oxygen atoms in total. The molecule has 6 rings (SSSR count). The van der Waals surface area contributed by atoms with Gasteiger partial charge < -0.3 is 25.6 Å². The Labute approximate surface area is 287 Å². The van der Waals surface area contributed by atoms with Gasteiger partial charge in [-0.05, 0) is 73.3 Å². The van der Waals surface area contributed by atoms with Crippen LogP contribution in [0.15, 0.2) is 85.1 Å². The third kappa shape index (κ3) is 8.46. The van der Waals surface area contributed by atoms with Crippen molar-refractivity contribution in [3.63, 3.8) is 0 Å². The molecule has 3 heterocycles. The van der Waals surface area contributed by atoms with Crippen LogP contribution in [0, 0.1) is 11.6 Å². The van der Waals surface area contributed by atoms with Crippen LogP contribution in [0.5, 0.6) is 11.5 Å². The van der Waals surface area contributed by atoms with Gasteiger partial charge in [0.05, 0.1) is 10.2 Å². The molecule has 0 spiro atoms. The van der Waals surface area contributed by atoms with Gasteiger partial charge in [0.2, 0.25) is 11.8 Å².